The van der Waals surface area contributed by atoms with E-state index in [2.05, 4.69) is 0 Å². The molecule has 1 saturated heterocycles. The monoisotopic (exact) mass is 379 g/mol. The first-order valence-corrected chi connectivity index (χ1v) is 9.44. The third kappa shape index (κ3) is 3.17. The van der Waals surface area contributed by atoms with E-state index in [0.29, 0.717) is 18.8 Å². The van der Waals surface area contributed by atoms with Gasteiger partial charge in [0, 0.05) is 23.0 Å². The van der Waals surface area contributed by atoms with Gasteiger partial charge in [-0.25, -0.2) is 18.5 Å². The molecule has 2 aliphatic heterocycles. The molecule has 0 bridgehead atoms. The van der Waals surface area contributed by atoms with Crippen LogP contribution in [0.1, 0.15) is 56.6 Å². The first-order chi connectivity index (χ1) is 12.9. The quantitative estimate of drug-likeness (QED) is 0.790. The Morgan fingerprint density at radius 2 is 2.04 bits per heavy atom. The maximum atomic E-state index is 12.9. The third-order valence-corrected chi connectivity index (χ3v) is 6.21. The molecule has 0 N–H and O–H groups in total. The van der Waals surface area contributed by atoms with Gasteiger partial charge in [0.2, 0.25) is 5.91 Å². The second kappa shape index (κ2) is 6.77. The number of imide groups is 1. The lowest BCUT2D eigenvalue weighted by molar-refractivity contribution is -0.130. The van der Waals surface area contributed by atoms with E-state index >= 15 is 0 Å². The lowest BCUT2D eigenvalue weighted by Gasteiger charge is -2.36. The van der Waals surface area contributed by atoms with E-state index in [1.54, 1.807) is 13.0 Å². The zero-order valence-corrected chi connectivity index (χ0v) is 15.2. The fraction of sp³-hybridized carbons (Fsp3) is 0.600. The number of benzene rings is 1. The van der Waals surface area contributed by atoms with Crippen molar-refractivity contribution in [1.82, 2.24) is 4.90 Å². The normalized spacial score (nSPS) is 29.8. The number of cyclic esters (lactones) is 1. The molecule has 0 aromatic heterocycles. The Bertz CT molecular complexity index is 758. The lowest BCUT2D eigenvalue weighted by Crippen LogP contribution is -2.39. The number of nitrogens with zero attached hydrogens (tertiary/aromatic N) is 1. The summed E-state index contributed by atoms with van der Waals surface area (Å²) in [5.74, 6) is 0.611. The number of hydrogen-bond donors (Lipinski definition) is 0. The number of carbonyl (C=O) groups is 2. The molecule has 1 aromatic rings. The Morgan fingerprint density at radius 1 is 1.30 bits per heavy atom. The SMILES string of the molecule is C[C@H]1COC(=O)N1C(=O)CC1CCC2(CC1)COc1cc(C(F)F)ccc12. The molecule has 1 atom stereocenters. The minimum absolute atomic E-state index is 0.0169. The van der Waals surface area contributed by atoms with Gasteiger partial charge in [0.25, 0.3) is 6.43 Å². The van der Waals surface area contributed by atoms with Crippen LogP contribution in [0.25, 0.3) is 0 Å². The summed E-state index contributed by atoms with van der Waals surface area (Å²) < 4.78 is 36.5. The third-order valence-electron chi connectivity index (χ3n) is 6.21. The summed E-state index contributed by atoms with van der Waals surface area (Å²) >= 11 is 0. The van der Waals surface area contributed by atoms with E-state index in [4.69, 9.17) is 9.47 Å². The number of ether oxygens (including phenoxy) is 2. The summed E-state index contributed by atoms with van der Waals surface area (Å²) in [6, 6.07) is 4.50. The van der Waals surface area contributed by atoms with E-state index in [0.717, 1.165) is 31.2 Å². The standard InChI is InChI=1S/C20H23F2NO4/c1-12-10-26-19(25)23(12)17(24)8-13-4-6-20(7-5-13)11-27-16-9-14(18(21)22)2-3-15(16)20/h2-3,9,12-13,18H,4-8,10-11H2,1H3/t12-,13?,20?/m0/s1. The summed E-state index contributed by atoms with van der Waals surface area (Å²) in [6.45, 7) is 2.57. The largest absolute Gasteiger partial charge is 0.492 e. The fourth-order valence-electron chi connectivity index (χ4n) is 4.58. The van der Waals surface area contributed by atoms with Crippen molar-refractivity contribution in [1.29, 1.82) is 0 Å². The summed E-state index contributed by atoms with van der Waals surface area (Å²) in [7, 11) is 0. The zero-order valence-electron chi connectivity index (χ0n) is 15.2. The molecule has 0 unspecified atom stereocenters. The van der Waals surface area contributed by atoms with Gasteiger partial charge in [0.1, 0.15) is 12.4 Å². The summed E-state index contributed by atoms with van der Waals surface area (Å²) in [5.41, 5.74) is 0.847. The minimum atomic E-state index is -2.50. The van der Waals surface area contributed by atoms with Crippen molar-refractivity contribution < 1.29 is 27.8 Å². The van der Waals surface area contributed by atoms with Crippen molar-refractivity contribution in [2.45, 2.75) is 56.9 Å². The molecule has 1 spiro atoms. The van der Waals surface area contributed by atoms with Gasteiger partial charge >= 0.3 is 6.09 Å². The topological polar surface area (TPSA) is 55.8 Å². The van der Waals surface area contributed by atoms with Crippen LogP contribution in [-0.2, 0) is 14.9 Å². The van der Waals surface area contributed by atoms with Crippen molar-refractivity contribution in [2.24, 2.45) is 5.92 Å². The van der Waals surface area contributed by atoms with Crippen LogP contribution in [0.3, 0.4) is 0 Å². The number of carbonyl (C=O) groups excluding carboxylic acids is 2. The highest BCUT2D eigenvalue weighted by atomic mass is 19.3. The van der Waals surface area contributed by atoms with E-state index in [9.17, 15) is 18.4 Å². The Kier molecular flexibility index (Phi) is 4.56. The van der Waals surface area contributed by atoms with Gasteiger partial charge in [-0.2, -0.15) is 0 Å². The Balaban J connectivity index is 1.40. The average molecular weight is 379 g/mol. The van der Waals surface area contributed by atoms with Gasteiger partial charge in [0.05, 0.1) is 12.6 Å². The first kappa shape index (κ1) is 18.2. The molecule has 5 nitrogen and oxygen atoms in total. The van der Waals surface area contributed by atoms with Gasteiger partial charge < -0.3 is 9.47 Å². The van der Waals surface area contributed by atoms with Crippen molar-refractivity contribution in [2.75, 3.05) is 13.2 Å². The summed E-state index contributed by atoms with van der Waals surface area (Å²) in [6.07, 6.45) is 0.695. The molecule has 2 amide bonds. The highest BCUT2D eigenvalue weighted by molar-refractivity contribution is 5.93. The Labute approximate surface area is 156 Å². The molecule has 4 rings (SSSR count). The minimum Gasteiger partial charge on any atom is -0.492 e. The second-order valence-electron chi connectivity index (χ2n) is 7.96. The van der Waals surface area contributed by atoms with Gasteiger partial charge in [-0.15, -0.1) is 0 Å². The molecule has 1 aromatic carbocycles. The van der Waals surface area contributed by atoms with Gasteiger partial charge in [0.15, 0.2) is 0 Å². The number of halogens is 2. The van der Waals surface area contributed by atoms with Crippen LogP contribution in [0.15, 0.2) is 18.2 Å². The maximum absolute atomic E-state index is 12.9. The van der Waals surface area contributed by atoms with Crippen molar-refractivity contribution in [3.8, 4) is 5.75 Å². The van der Waals surface area contributed by atoms with Crippen LogP contribution in [0, 0.1) is 5.92 Å². The maximum Gasteiger partial charge on any atom is 0.416 e. The molecular weight excluding hydrogens is 356 g/mol. The van der Waals surface area contributed by atoms with Crippen molar-refractivity contribution in [3.63, 3.8) is 0 Å². The van der Waals surface area contributed by atoms with Gasteiger partial charge in [-0.3, -0.25) is 4.79 Å². The molecule has 1 aliphatic carbocycles. The van der Waals surface area contributed by atoms with E-state index < -0.39 is 12.5 Å². The number of fused-ring (bicyclic) bond motifs is 2. The fourth-order valence-corrected chi connectivity index (χ4v) is 4.58. The predicted octanol–water partition coefficient (Wildman–Crippen LogP) is 4.20. The van der Waals surface area contributed by atoms with Crippen LogP contribution in [0.4, 0.5) is 13.6 Å². The molecule has 0 radical (unpaired) electrons. The number of hydrogen-bond acceptors (Lipinski definition) is 4. The highest BCUT2D eigenvalue weighted by Gasteiger charge is 2.44. The first-order valence-electron chi connectivity index (χ1n) is 9.44. The smallest absolute Gasteiger partial charge is 0.416 e. The predicted molar refractivity (Wildman–Crippen MR) is 92.8 cm³/mol. The molecule has 27 heavy (non-hydrogen) atoms. The summed E-state index contributed by atoms with van der Waals surface area (Å²) in [4.78, 5) is 25.4. The molecule has 7 heteroatoms. The average Bonchev–Trinajstić information content (AvgIpc) is 3.17. The van der Waals surface area contributed by atoms with Gasteiger partial charge in [-0.05, 0) is 44.6 Å². The van der Waals surface area contributed by atoms with Crippen LogP contribution >= 0.6 is 0 Å². The van der Waals surface area contributed by atoms with Crippen LogP contribution in [0.5, 0.6) is 5.75 Å². The Hall–Kier alpha value is -2.18. The molecule has 3 aliphatic rings. The number of rotatable bonds is 3. The molecule has 146 valence electrons. The lowest BCUT2D eigenvalue weighted by atomic mass is 9.67. The van der Waals surface area contributed by atoms with E-state index in [1.807, 2.05) is 0 Å². The Morgan fingerprint density at radius 3 is 2.67 bits per heavy atom. The summed E-state index contributed by atoms with van der Waals surface area (Å²) in [5, 5.41) is 0. The second-order valence-corrected chi connectivity index (χ2v) is 7.96. The molecular formula is C20H23F2NO4. The van der Waals surface area contributed by atoms with Crippen LogP contribution in [0.2, 0.25) is 0 Å². The van der Waals surface area contributed by atoms with Crippen molar-refractivity contribution in [3.05, 3.63) is 29.3 Å². The van der Waals surface area contributed by atoms with E-state index in [-0.39, 0.29) is 35.5 Å². The molecule has 2 fully saturated rings. The molecule has 2 heterocycles. The zero-order chi connectivity index (χ0) is 19.2. The van der Waals surface area contributed by atoms with Crippen LogP contribution in [-0.4, -0.2) is 36.2 Å². The van der Waals surface area contributed by atoms with Crippen molar-refractivity contribution >= 4 is 12.0 Å². The molecule has 1 saturated carbocycles. The number of alkyl halides is 2. The van der Waals surface area contributed by atoms with Gasteiger partial charge in [-0.1, -0.05) is 12.1 Å². The van der Waals surface area contributed by atoms with Crippen LogP contribution < -0.4 is 4.74 Å². The van der Waals surface area contributed by atoms with E-state index in [1.165, 1.54) is 17.0 Å². The highest BCUT2D eigenvalue weighted by Crippen LogP contribution is 2.50. The number of amides is 2.